The van der Waals surface area contributed by atoms with E-state index in [1.54, 1.807) is 0 Å². The van der Waals surface area contributed by atoms with Gasteiger partial charge in [-0.25, -0.2) is 4.79 Å². The van der Waals surface area contributed by atoms with Gasteiger partial charge in [0.05, 0.1) is 13.2 Å². The molecule has 0 unspecified atom stereocenters. The van der Waals surface area contributed by atoms with Gasteiger partial charge in [-0.05, 0) is 29.3 Å². The number of esters is 1. The lowest BCUT2D eigenvalue weighted by molar-refractivity contribution is -0.154. The lowest BCUT2D eigenvalue weighted by Crippen LogP contribution is -2.52. The fraction of sp³-hybridized carbons (Fsp3) is 0.273. The standard InChI is InChI=1S/C22H19ClN2O5/c1-28-22(27)16-9-14-13-4-2-3-5-15(13)24-20(14)21(25(16)19(26)10-23)12-6-7-17-18(8-12)30-11-29-17/h2-8,16,21,24H,9-11H2,1H3/t16-,21-/m1/s1/i10+1,19+1. The van der Waals surface area contributed by atoms with Crippen LogP contribution in [0.3, 0.4) is 0 Å². The van der Waals surface area contributed by atoms with Crippen LogP contribution in [-0.2, 0) is 20.7 Å². The molecule has 0 bridgehead atoms. The molecule has 154 valence electrons. The highest BCUT2D eigenvalue weighted by Gasteiger charge is 2.44. The number of carbonyl (C=O) groups is 2. The number of rotatable bonds is 3. The molecule has 0 radical (unpaired) electrons. The number of alkyl halides is 1. The number of fused-ring (bicyclic) bond motifs is 4. The number of ether oxygens (including phenoxy) is 3. The van der Waals surface area contributed by atoms with Crippen LogP contribution in [0.5, 0.6) is 11.5 Å². The number of carbonyl (C=O) groups excluding carboxylic acids is 2. The van der Waals surface area contributed by atoms with Gasteiger partial charge in [0.25, 0.3) is 0 Å². The van der Waals surface area contributed by atoms with E-state index in [1.807, 2.05) is 42.5 Å². The Morgan fingerprint density at radius 2 is 2.00 bits per heavy atom. The van der Waals surface area contributed by atoms with Gasteiger partial charge in [-0.15, -0.1) is 11.6 Å². The second-order valence-corrected chi connectivity index (χ2v) is 7.52. The highest BCUT2D eigenvalue weighted by atomic mass is 35.5. The number of aromatic nitrogens is 1. The first kappa shape index (κ1) is 18.8. The minimum atomic E-state index is -0.789. The summed E-state index contributed by atoms with van der Waals surface area (Å²) >= 11 is 5.95. The van der Waals surface area contributed by atoms with E-state index in [1.165, 1.54) is 12.0 Å². The van der Waals surface area contributed by atoms with Crippen LogP contribution in [0, 0.1) is 0 Å². The number of nitrogens with zero attached hydrogens (tertiary/aromatic N) is 1. The molecule has 30 heavy (non-hydrogen) atoms. The minimum Gasteiger partial charge on any atom is -0.467 e. The van der Waals surface area contributed by atoms with Gasteiger partial charge in [0, 0.05) is 23.0 Å². The molecule has 3 heterocycles. The molecule has 2 aliphatic rings. The fourth-order valence-electron chi connectivity index (χ4n) is 4.42. The molecule has 0 spiro atoms. The maximum absolute atomic E-state index is 13.0. The molecule has 7 nitrogen and oxygen atoms in total. The van der Waals surface area contributed by atoms with Gasteiger partial charge in [0.2, 0.25) is 12.7 Å². The zero-order valence-corrected chi connectivity index (χ0v) is 16.9. The lowest BCUT2D eigenvalue weighted by Gasteiger charge is -2.40. The number of nitrogens with one attached hydrogen (secondary N) is 1. The first-order chi connectivity index (χ1) is 14.6. The van der Waals surface area contributed by atoms with Gasteiger partial charge in [0.1, 0.15) is 11.9 Å². The molecule has 2 aliphatic heterocycles. The summed E-state index contributed by atoms with van der Waals surface area (Å²) in [5.74, 6) is 0.174. The molecule has 0 saturated carbocycles. The molecule has 3 aromatic rings. The van der Waals surface area contributed by atoms with Gasteiger partial charge in [0.15, 0.2) is 11.5 Å². The summed E-state index contributed by atoms with van der Waals surface area (Å²) in [7, 11) is 1.33. The second kappa shape index (κ2) is 7.25. The third-order valence-corrected chi connectivity index (χ3v) is 5.95. The second-order valence-electron chi connectivity index (χ2n) is 7.26. The number of aromatic amines is 1. The number of para-hydroxylation sites is 1. The van der Waals surface area contributed by atoms with Crippen LogP contribution in [0.25, 0.3) is 10.9 Å². The molecule has 1 amide bonds. The number of H-pyrrole nitrogens is 1. The zero-order valence-electron chi connectivity index (χ0n) is 16.2. The Morgan fingerprint density at radius 1 is 1.20 bits per heavy atom. The number of methoxy groups -OCH3 is 1. The molecule has 2 atom stereocenters. The van der Waals surface area contributed by atoms with Crippen molar-refractivity contribution in [3.63, 3.8) is 0 Å². The molecule has 1 N–H and O–H groups in total. The number of benzene rings is 2. The number of amides is 1. The van der Waals surface area contributed by atoms with Crippen LogP contribution in [0.15, 0.2) is 42.5 Å². The lowest BCUT2D eigenvalue weighted by atomic mass is 9.89. The Balaban J connectivity index is 1.75. The van der Waals surface area contributed by atoms with E-state index >= 15 is 0 Å². The largest absolute Gasteiger partial charge is 0.467 e. The Labute approximate surface area is 177 Å². The predicted molar refractivity (Wildman–Crippen MR) is 110 cm³/mol. The molecule has 8 heteroatoms. The Bertz CT molecular complexity index is 1160. The van der Waals surface area contributed by atoms with Crippen LogP contribution < -0.4 is 9.47 Å². The molecule has 0 saturated heterocycles. The predicted octanol–water partition coefficient (Wildman–Crippen LogP) is 3.15. The normalized spacial score (nSPS) is 19.6. The summed E-state index contributed by atoms with van der Waals surface area (Å²) in [6.07, 6.45) is 0.343. The van der Waals surface area contributed by atoms with Crippen molar-refractivity contribution in [2.45, 2.75) is 18.5 Å². The minimum absolute atomic E-state index is 0.149. The Morgan fingerprint density at radius 3 is 2.80 bits per heavy atom. The van der Waals surface area contributed by atoms with E-state index in [0.29, 0.717) is 17.9 Å². The molecule has 0 aliphatic carbocycles. The van der Waals surface area contributed by atoms with E-state index in [-0.39, 0.29) is 18.6 Å². The van der Waals surface area contributed by atoms with Crippen molar-refractivity contribution in [2.24, 2.45) is 0 Å². The van der Waals surface area contributed by atoms with Gasteiger partial charge in [-0.1, -0.05) is 24.3 Å². The Hall–Kier alpha value is -3.19. The summed E-state index contributed by atoms with van der Waals surface area (Å²) in [5, 5.41) is 1.02. The third-order valence-electron chi connectivity index (χ3n) is 5.72. The van der Waals surface area contributed by atoms with Crippen LogP contribution in [0.1, 0.15) is 22.9 Å². The highest BCUT2D eigenvalue weighted by molar-refractivity contribution is 6.27. The van der Waals surface area contributed by atoms with Crippen molar-refractivity contribution in [3.05, 3.63) is 59.3 Å². The molecule has 1 aromatic heterocycles. The van der Waals surface area contributed by atoms with E-state index in [9.17, 15) is 9.59 Å². The van der Waals surface area contributed by atoms with Crippen molar-refractivity contribution in [2.75, 3.05) is 19.8 Å². The van der Waals surface area contributed by atoms with Crippen molar-refractivity contribution in [3.8, 4) is 11.5 Å². The topological polar surface area (TPSA) is 80.9 Å². The van der Waals surface area contributed by atoms with Crippen molar-refractivity contribution in [1.82, 2.24) is 9.88 Å². The molecular formula is C22H19ClN2O5. The summed E-state index contributed by atoms with van der Waals surface area (Å²) in [4.78, 5) is 30.7. The zero-order chi connectivity index (χ0) is 20.8. The number of halogens is 1. The number of hydrogen-bond acceptors (Lipinski definition) is 5. The van der Waals surface area contributed by atoms with Crippen LogP contribution in [-0.4, -0.2) is 47.6 Å². The van der Waals surface area contributed by atoms with Crippen molar-refractivity contribution >= 4 is 34.4 Å². The molecular weight excluding hydrogens is 410 g/mol. The fourth-order valence-corrected chi connectivity index (χ4v) is 4.55. The molecule has 5 rings (SSSR count). The monoisotopic (exact) mass is 428 g/mol. The number of hydrogen-bond donors (Lipinski definition) is 1. The molecule has 2 aromatic carbocycles. The maximum atomic E-state index is 13.0. The van der Waals surface area contributed by atoms with Gasteiger partial charge in [-0.2, -0.15) is 0 Å². The summed E-state index contributed by atoms with van der Waals surface area (Å²) in [6, 6.07) is 12.1. The van der Waals surface area contributed by atoms with Gasteiger partial charge >= 0.3 is 5.97 Å². The van der Waals surface area contributed by atoms with Crippen LogP contribution in [0.4, 0.5) is 0 Å². The highest BCUT2D eigenvalue weighted by Crippen LogP contribution is 2.44. The van der Waals surface area contributed by atoms with E-state index in [2.05, 4.69) is 4.98 Å². The summed E-state index contributed by atoms with van der Waals surface area (Å²) in [6.45, 7) is 0.149. The Kier molecular flexibility index (Phi) is 4.55. The quantitative estimate of drug-likeness (QED) is 0.394. The van der Waals surface area contributed by atoms with E-state index in [4.69, 9.17) is 25.8 Å². The summed E-state index contributed by atoms with van der Waals surface area (Å²) in [5.41, 5.74) is 3.58. The van der Waals surface area contributed by atoms with Crippen LogP contribution >= 0.6 is 11.6 Å². The van der Waals surface area contributed by atoms with Gasteiger partial charge < -0.3 is 24.1 Å². The first-order valence-electron chi connectivity index (χ1n) is 9.56. The van der Waals surface area contributed by atoms with Gasteiger partial charge in [-0.3, -0.25) is 4.79 Å². The van der Waals surface area contributed by atoms with E-state index in [0.717, 1.165) is 27.7 Å². The first-order valence-corrected chi connectivity index (χ1v) is 10.1. The van der Waals surface area contributed by atoms with Crippen molar-refractivity contribution < 1.29 is 23.8 Å². The third kappa shape index (κ3) is 2.81. The smallest absolute Gasteiger partial charge is 0.328 e. The maximum Gasteiger partial charge on any atom is 0.328 e. The average Bonchev–Trinajstić information content (AvgIpc) is 3.40. The average molecular weight is 429 g/mol. The SMILES string of the molecule is COC(=O)[C@H]1Cc2c([nH]c3ccccc23)[C@@H](c2ccc3c(c2)OCO3)N1[13C](=O)[13CH2]Cl. The van der Waals surface area contributed by atoms with Crippen molar-refractivity contribution in [1.29, 1.82) is 0 Å². The summed E-state index contributed by atoms with van der Waals surface area (Å²) < 4.78 is 16.0. The molecule has 0 fully saturated rings. The van der Waals surface area contributed by atoms with E-state index < -0.39 is 18.1 Å². The van der Waals surface area contributed by atoms with Crippen LogP contribution in [0.2, 0.25) is 0 Å².